The third kappa shape index (κ3) is 2.35. The second kappa shape index (κ2) is 4.68. The number of fused-ring (bicyclic) bond motifs is 1. The topological polar surface area (TPSA) is 37.6 Å². The van der Waals surface area contributed by atoms with Crippen molar-refractivity contribution >= 4 is 11.6 Å². The Morgan fingerprint density at radius 2 is 2.32 bits per heavy atom. The van der Waals surface area contributed by atoms with Crippen LogP contribution in [-0.4, -0.2) is 33.3 Å². The molecule has 0 aliphatic carbocycles. The van der Waals surface area contributed by atoms with Gasteiger partial charge in [0.15, 0.2) is 0 Å². The number of rotatable bonds is 1. The number of imidazole rings is 1. The molecule has 1 aliphatic heterocycles. The maximum Gasteiger partial charge on any atom is 0.254 e. The van der Waals surface area contributed by atoms with Gasteiger partial charge in [0.25, 0.3) is 5.91 Å². The van der Waals surface area contributed by atoms with Crippen molar-refractivity contribution in [1.82, 2.24) is 14.3 Å². The van der Waals surface area contributed by atoms with Crippen molar-refractivity contribution in [3.63, 3.8) is 0 Å². The van der Waals surface area contributed by atoms with Crippen molar-refractivity contribution < 1.29 is 4.79 Å². The van der Waals surface area contributed by atoms with E-state index in [0.717, 1.165) is 36.4 Å². The van der Waals surface area contributed by atoms with Gasteiger partial charge in [0, 0.05) is 31.0 Å². The summed E-state index contributed by atoms with van der Waals surface area (Å²) in [7, 11) is 0. The van der Waals surface area contributed by atoms with Gasteiger partial charge in [0.2, 0.25) is 0 Å². The maximum atomic E-state index is 12.5. The van der Waals surface area contributed by atoms with Gasteiger partial charge in [-0.15, -0.1) is 0 Å². The molecule has 0 aromatic carbocycles. The van der Waals surface area contributed by atoms with Gasteiger partial charge in [0.1, 0.15) is 5.65 Å². The lowest BCUT2D eigenvalue weighted by atomic mass is 10.00. The fourth-order valence-electron chi connectivity index (χ4n) is 2.80. The number of nitrogens with zero attached hydrogens (tertiary/aromatic N) is 3. The van der Waals surface area contributed by atoms with Crippen LogP contribution in [0.4, 0.5) is 0 Å². The quantitative estimate of drug-likeness (QED) is 0.787. The van der Waals surface area contributed by atoms with E-state index in [2.05, 4.69) is 11.9 Å². The number of hydrogen-bond acceptors (Lipinski definition) is 2. The zero-order chi connectivity index (χ0) is 13.4. The lowest BCUT2D eigenvalue weighted by Crippen LogP contribution is -2.39. The summed E-state index contributed by atoms with van der Waals surface area (Å²) in [4.78, 5) is 18.9. The third-order valence-electron chi connectivity index (χ3n) is 3.77. The molecule has 19 heavy (non-hydrogen) atoms. The Morgan fingerprint density at radius 1 is 1.47 bits per heavy atom. The highest BCUT2D eigenvalue weighted by Crippen LogP contribution is 2.18. The molecule has 1 amide bonds. The van der Waals surface area contributed by atoms with Crippen LogP contribution in [0.2, 0.25) is 0 Å². The van der Waals surface area contributed by atoms with Crippen molar-refractivity contribution in [2.45, 2.75) is 26.7 Å². The number of likely N-dealkylation sites (tertiary alicyclic amines) is 1. The van der Waals surface area contributed by atoms with Crippen LogP contribution in [-0.2, 0) is 0 Å². The van der Waals surface area contributed by atoms with Crippen molar-refractivity contribution in [2.75, 3.05) is 13.1 Å². The number of aromatic nitrogens is 2. The van der Waals surface area contributed by atoms with Gasteiger partial charge in [-0.1, -0.05) is 6.92 Å². The van der Waals surface area contributed by atoms with Gasteiger partial charge in [-0.25, -0.2) is 4.98 Å². The summed E-state index contributed by atoms with van der Waals surface area (Å²) in [6, 6.07) is 3.77. The molecule has 0 radical (unpaired) electrons. The molecule has 0 spiro atoms. The minimum atomic E-state index is 0.134. The van der Waals surface area contributed by atoms with E-state index >= 15 is 0 Å². The Hall–Kier alpha value is -1.84. The highest BCUT2D eigenvalue weighted by Gasteiger charge is 2.22. The first-order chi connectivity index (χ1) is 9.13. The van der Waals surface area contributed by atoms with Crippen molar-refractivity contribution in [1.29, 1.82) is 0 Å². The van der Waals surface area contributed by atoms with E-state index in [-0.39, 0.29) is 5.91 Å². The highest BCUT2D eigenvalue weighted by atomic mass is 16.2. The minimum absolute atomic E-state index is 0.134. The van der Waals surface area contributed by atoms with Crippen LogP contribution in [0.5, 0.6) is 0 Å². The van der Waals surface area contributed by atoms with E-state index < -0.39 is 0 Å². The first kappa shape index (κ1) is 12.2. The summed E-state index contributed by atoms with van der Waals surface area (Å²) < 4.78 is 1.95. The van der Waals surface area contributed by atoms with E-state index in [0.29, 0.717) is 5.92 Å². The molecule has 0 N–H and O–H groups in total. The lowest BCUT2D eigenvalue weighted by molar-refractivity contribution is 0.0683. The summed E-state index contributed by atoms with van der Waals surface area (Å²) >= 11 is 0. The zero-order valence-corrected chi connectivity index (χ0v) is 11.5. The Balaban J connectivity index is 1.88. The molecule has 0 saturated carbocycles. The number of amides is 1. The standard InChI is InChI=1S/C15H19N3O/c1-11-4-3-6-18(9-11)15(19)13-5-7-17-10-12(2)16-14(17)8-13/h5,7-8,10-11H,3-4,6,9H2,1-2H3. The van der Waals surface area contributed by atoms with Crippen LogP contribution in [0.25, 0.3) is 5.65 Å². The Bertz CT molecular complexity index is 617. The molecule has 1 unspecified atom stereocenters. The number of aryl methyl sites for hydroxylation is 1. The van der Waals surface area contributed by atoms with Crippen LogP contribution < -0.4 is 0 Å². The van der Waals surface area contributed by atoms with Crippen LogP contribution in [0.3, 0.4) is 0 Å². The van der Waals surface area contributed by atoms with E-state index in [1.807, 2.05) is 40.8 Å². The molecule has 0 bridgehead atoms. The van der Waals surface area contributed by atoms with Crippen molar-refractivity contribution in [3.05, 3.63) is 35.8 Å². The van der Waals surface area contributed by atoms with Gasteiger partial charge in [0.05, 0.1) is 5.69 Å². The molecule has 1 fully saturated rings. The van der Waals surface area contributed by atoms with E-state index in [1.165, 1.54) is 6.42 Å². The van der Waals surface area contributed by atoms with Crippen LogP contribution in [0.15, 0.2) is 24.5 Å². The Kier molecular flexibility index (Phi) is 3.01. The summed E-state index contributed by atoms with van der Waals surface area (Å²) in [5, 5.41) is 0. The zero-order valence-electron chi connectivity index (χ0n) is 11.5. The predicted molar refractivity (Wildman–Crippen MR) is 74.2 cm³/mol. The lowest BCUT2D eigenvalue weighted by Gasteiger charge is -2.31. The summed E-state index contributed by atoms with van der Waals surface area (Å²) in [5.74, 6) is 0.741. The Morgan fingerprint density at radius 3 is 3.11 bits per heavy atom. The number of hydrogen-bond donors (Lipinski definition) is 0. The van der Waals surface area contributed by atoms with Crippen LogP contribution in [0, 0.1) is 12.8 Å². The van der Waals surface area contributed by atoms with Crippen molar-refractivity contribution in [3.8, 4) is 0 Å². The second-order valence-electron chi connectivity index (χ2n) is 5.56. The molecule has 3 heterocycles. The van der Waals surface area contributed by atoms with Crippen LogP contribution >= 0.6 is 0 Å². The third-order valence-corrected chi connectivity index (χ3v) is 3.77. The summed E-state index contributed by atoms with van der Waals surface area (Å²) in [5.41, 5.74) is 2.55. The first-order valence-electron chi connectivity index (χ1n) is 6.88. The second-order valence-corrected chi connectivity index (χ2v) is 5.56. The fourth-order valence-corrected chi connectivity index (χ4v) is 2.80. The smallest absolute Gasteiger partial charge is 0.254 e. The molecule has 4 nitrogen and oxygen atoms in total. The molecule has 1 saturated heterocycles. The largest absolute Gasteiger partial charge is 0.338 e. The van der Waals surface area contributed by atoms with E-state index in [9.17, 15) is 4.79 Å². The molecule has 2 aromatic rings. The molecule has 1 atom stereocenters. The van der Waals surface area contributed by atoms with Gasteiger partial charge < -0.3 is 9.30 Å². The average Bonchev–Trinajstić information content (AvgIpc) is 2.76. The normalized spacial score (nSPS) is 19.9. The monoisotopic (exact) mass is 257 g/mol. The number of carbonyl (C=O) groups is 1. The minimum Gasteiger partial charge on any atom is -0.338 e. The first-order valence-corrected chi connectivity index (χ1v) is 6.88. The Labute approximate surface area is 113 Å². The number of piperidine rings is 1. The molecule has 4 heteroatoms. The molecule has 100 valence electrons. The van der Waals surface area contributed by atoms with Gasteiger partial charge in [-0.2, -0.15) is 0 Å². The predicted octanol–water partition coefficient (Wildman–Crippen LogP) is 2.51. The van der Waals surface area contributed by atoms with Crippen LogP contribution in [0.1, 0.15) is 35.8 Å². The molecule has 2 aromatic heterocycles. The maximum absolute atomic E-state index is 12.5. The van der Waals surface area contributed by atoms with E-state index in [1.54, 1.807) is 0 Å². The molecule has 1 aliphatic rings. The number of pyridine rings is 1. The summed E-state index contributed by atoms with van der Waals surface area (Å²) in [6.45, 7) is 5.92. The highest BCUT2D eigenvalue weighted by molar-refractivity contribution is 5.95. The number of carbonyl (C=O) groups excluding carboxylic acids is 1. The van der Waals surface area contributed by atoms with Gasteiger partial charge >= 0.3 is 0 Å². The fraction of sp³-hybridized carbons (Fsp3) is 0.467. The van der Waals surface area contributed by atoms with Gasteiger partial charge in [-0.3, -0.25) is 4.79 Å². The molecular weight excluding hydrogens is 238 g/mol. The molecule has 3 rings (SSSR count). The summed E-state index contributed by atoms with van der Waals surface area (Å²) in [6.07, 6.45) is 6.21. The average molecular weight is 257 g/mol. The molecular formula is C15H19N3O. The van der Waals surface area contributed by atoms with Crippen molar-refractivity contribution in [2.24, 2.45) is 5.92 Å². The van der Waals surface area contributed by atoms with E-state index in [4.69, 9.17) is 0 Å². The SMILES string of the molecule is Cc1cn2ccc(C(=O)N3CCCC(C)C3)cc2n1. The van der Waals surface area contributed by atoms with Gasteiger partial charge in [-0.05, 0) is 37.8 Å².